The molecule has 2 heterocycles. The first-order valence-electron chi connectivity index (χ1n) is 10.6. The van der Waals surface area contributed by atoms with Gasteiger partial charge in [0.15, 0.2) is 12.6 Å². The van der Waals surface area contributed by atoms with Crippen molar-refractivity contribution in [1.29, 1.82) is 0 Å². The minimum atomic E-state index is -1.72. The largest absolute Gasteiger partial charge is 0.394 e. The lowest BCUT2D eigenvalue weighted by Crippen LogP contribution is -2.64. The molecule has 10 atom stereocenters. The second-order valence-corrected chi connectivity index (χ2v) is 7.55. The zero-order valence-electron chi connectivity index (χ0n) is 18.2. The van der Waals surface area contributed by atoms with E-state index in [0.29, 0.717) is 12.8 Å². The van der Waals surface area contributed by atoms with E-state index in [9.17, 15) is 35.7 Å². The first kappa shape index (κ1) is 27.7. The van der Waals surface area contributed by atoms with Gasteiger partial charge in [0.25, 0.3) is 0 Å². The smallest absolute Gasteiger partial charge is 0.187 e. The van der Waals surface area contributed by atoms with Gasteiger partial charge in [-0.3, -0.25) is 0 Å². The summed E-state index contributed by atoms with van der Waals surface area (Å²) >= 11 is 0. The van der Waals surface area contributed by atoms with Crippen molar-refractivity contribution in [3.05, 3.63) is 12.2 Å². The standard InChI is InChI=1S/C22H32O11/c1-2-3-4-5-6-7-8-9-10-30-22-20(18(28)16(26)14(12-24)32-22)33-21-19(29)17(27)15(25)13(11-23)31-21/h2-3,13-29H,8-12H2,1H3/b3-2-/t13-,14-,15-,16-,17+,18+,19-,20-,21+,22-/m1/s1. The molecule has 0 unspecified atom stereocenters. The lowest BCUT2D eigenvalue weighted by atomic mass is 9.97. The third-order valence-electron chi connectivity index (χ3n) is 5.17. The van der Waals surface area contributed by atoms with Gasteiger partial charge in [-0.05, 0) is 31.3 Å². The molecule has 186 valence electrons. The summed E-state index contributed by atoms with van der Waals surface area (Å²) in [6.07, 6.45) is -10.3. The molecule has 11 nitrogen and oxygen atoms in total. The second-order valence-electron chi connectivity index (χ2n) is 7.55. The van der Waals surface area contributed by atoms with Crippen LogP contribution < -0.4 is 0 Å². The molecule has 11 heteroatoms. The Morgan fingerprint density at radius 2 is 1.45 bits per heavy atom. The molecular weight excluding hydrogens is 440 g/mol. The summed E-state index contributed by atoms with van der Waals surface area (Å²) in [6.45, 7) is 0.709. The Labute approximate surface area is 192 Å². The van der Waals surface area contributed by atoms with E-state index in [-0.39, 0.29) is 6.61 Å². The predicted octanol–water partition coefficient (Wildman–Crippen LogP) is -3.01. The molecule has 0 spiro atoms. The SMILES string of the molecule is C/C=C\C#CC#CCCCO[C@@H]1O[C@H](CO)[C@@H](O)[C@H](O)[C@H]1O[C@@H]1O[C@H](CO)[C@@H](O)[C@H](O)[C@H]1O. The van der Waals surface area contributed by atoms with Crippen molar-refractivity contribution in [2.24, 2.45) is 0 Å². The molecule has 2 rings (SSSR count). The van der Waals surface area contributed by atoms with Crippen LogP contribution in [0.2, 0.25) is 0 Å². The number of hydrogen-bond donors (Lipinski definition) is 7. The van der Waals surface area contributed by atoms with Gasteiger partial charge in [0, 0.05) is 6.42 Å². The van der Waals surface area contributed by atoms with Crippen molar-refractivity contribution in [3.63, 3.8) is 0 Å². The van der Waals surface area contributed by atoms with Gasteiger partial charge >= 0.3 is 0 Å². The van der Waals surface area contributed by atoms with Crippen LogP contribution >= 0.6 is 0 Å². The molecule has 0 aliphatic carbocycles. The molecule has 0 aromatic rings. The van der Waals surface area contributed by atoms with E-state index in [0.717, 1.165) is 0 Å². The van der Waals surface area contributed by atoms with Gasteiger partial charge in [0.05, 0.1) is 19.8 Å². The highest BCUT2D eigenvalue weighted by Crippen LogP contribution is 2.29. The zero-order chi connectivity index (χ0) is 24.4. The third kappa shape index (κ3) is 7.45. The van der Waals surface area contributed by atoms with Gasteiger partial charge < -0.3 is 54.7 Å². The second kappa shape index (κ2) is 14.0. The van der Waals surface area contributed by atoms with Gasteiger partial charge in [-0.1, -0.05) is 17.9 Å². The molecule has 2 aliphatic rings. The molecule has 2 aliphatic heterocycles. The summed E-state index contributed by atoms with van der Waals surface area (Å²) in [4.78, 5) is 0. The maximum Gasteiger partial charge on any atom is 0.187 e. The minimum absolute atomic E-state index is 0.122. The molecule has 2 saturated heterocycles. The number of ether oxygens (including phenoxy) is 4. The number of hydrogen-bond acceptors (Lipinski definition) is 11. The summed E-state index contributed by atoms with van der Waals surface area (Å²) in [6, 6.07) is 0. The van der Waals surface area contributed by atoms with Gasteiger partial charge in [-0.2, -0.15) is 0 Å². The maximum absolute atomic E-state index is 10.5. The summed E-state index contributed by atoms with van der Waals surface area (Å²) in [7, 11) is 0. The predicted molar refractivity (Wildman–Crippen MR) is 112 cm³/mol. The molecule has 2 fully saturated rings. The lowest BCUT2D eigenvalue weighted by Gasteiger charge is -2.45. The van der Waals surface area contributed by atoms with Crippen LogP contribution in [0.15, 0.2) is 12.2 Å². The van der Waals surface area contributed by atoms with E-state index in [1.807, 2.05) is 6.92 Å². The van der Waals surface area contributed by atoms with Crippen LogP contribution in [0.5, 0.6) is 0 Å². The van der Waals surface area contributed by atoms with Crippen LogP contribution in [0.4, 0.5) is 0 Å². The van der Waals surface area contributed by atoms with Gasteiger partial charge in [0.1, 0.15) is 48.8 Å². The quantitative estimate of drug-likeness (QED) is 0.141. The van der Waals surface area contributed by atoms with Crippen LogP contribution in [0.25, 0.3) is 0 Å². The summed E-state index contributed by atoms with van der Waals surface area (Å²) in [5.41, 5.74) is 0. The van der Waals surface area contributed by atoms with Crippen molar-refractivity contribution < 1.29 is 54.7 Å². The summed E-state index contributed by atoms with van der Waals surface area (Å²) in [5.74, 6) is 10.9. The van der Waals surface area contributed by atoms with E-state index < -0.39 is 74.6 Å². The number of rotatable bonds is 8. The van der Waals surface area contributed by atoms with E-state index >= 15 is 0 Å². The zero-order valence-corrected chi connectivity index (χ0v) is 18.2. The fraction of sp³-hybridized carbons (Fsp3) is 0.727. The molecular formula is C22H32O11. The van der Waals surface area contributed by atoms with Crippen LogP contribution in [-0.2, 0) is 18.9 Å². The van der Waals surface area contributed by atoms with Crippen LogP contribution in [0, 0.1) is 23.7 Å². The molecule has 0 bridgehead atoms. The first-order valence-corrected chi connectivity index (χ1v) is 10.6. The fourth-order valence-electron chi connectivity index (χ4n) is 3.30. The molecule has 0 amide bonds. The van der Waals surface area contributed by atoms with Crippen molar-refractivity contribution >= 4 is 0 Å². The van der Waals surface area contributed by atoms with Crippen molar-refractivity contribution in [2.45, 2.75) is 81.2 Å². The molecule has 0 aromatic carbocycles. The highest BCUT2D eigenvalue weighted by atomic mass is 16.8. The number of aliphatic hydroxyl groups is 7. The molecule has 33 heavy (non-hydrogen) atoms. The van der Waals surface area contributed by atoms with Gasteiger partial charge in [-0.25, -0.2) is 0 Å². The Kier molecular flexibility index (Phi) is 11.7. The Bertz CT molecular complexity index is 734. The summed E-state index contributed by atoms with van der Waals surface area (Å²) in [5, 5.41) is 69.5. The Morgan fingerprint density at radius 1 is 0.818 bits per heavy atom. The number of allylic oxidation sites excluding steroid dienone is 2. The maximum atomic E-state index is 10.5. The molecule has 0 aromatic heterocycles. The Balaban J connectivity index is 2.02. The van der Waals surface area contributed by atoms with Crippen LogP contribution in [0.1, 0.15) is 19.8 Å². The Morgan fingerprint density at radius 3 is 2.09 bits per heavy atom. The Hall–Kier alpha value is -1.58. The average molecular weight is 472 g/mol. The van der Waals surface area contributed by atoms with Crippen LogP contribution in [-0.4, -0.2) is 117 Å². The lowest BCUT2D eigenvalue weighted by molar-refractivity contribution is -0.367. The average Bonchev–Trinajstić information content (AvgIpc) is 2.82. The third-order valence-corrected chi connectivity index (χ3v) is 5.17. The summed E-state index contributed by atoms with van der Waals surface area (Å²) < 4.78 is 22.0. The van der Waals surface area contributed by atoms with Crippen molar-refractivity contribution in [2.75, 3.05) is 19.8 Å². The van der Waals surface area contributed by atoms with E-state index in [1.165, 1.54) is 0 Å². The number of aliphatic hydroxyl groups excluding tert-OH is 7. The van der Waals surface area contributed by atoms with Gasteiger partial charge in [-0.15, -0.1) is 0 Å². The molecule has 0 saturated carbocycles. The van der Waals surface area contributed by atoms with E-state index in [2.05, 4.69) is 23.7 Å². The topological polar surface area (TPSA) is 179 Å². The monoisotopic (exact) mass is 472 g/mol. The highest BCUT2D eigenvalue weighted by molar-refractivity contribution is 5.30. The van der Waals surface area contributed by atoms with E-state index in [1.54, 1.807) is 12.2 Å². The highest BCUT2D eigenvalue weighted by Gasteiger charge is 2.50. The molecule has 7 N–H and O–H groups in total. The normalized spacial score (nSPS) is 38.9. The minimum Gasteiger partial charge on any atom is -0.394 e. The molecule has 0 radical (unpaired) electrons. The van der Waals surface area contributed by atoms with Gasteiger partial charge in [0.2, 0.25) is 0 Å². The number of unbranched alkanes of at least 4 members (excludes halogenated alkanes) is 1. The van der Waals surface area contributed by atoms with Crippen molar-refractivity contribution in [1.82, 2.24) is 0 Å². The van der Waals surface area contributed by atoms with Crippen LogP contribution in [0.3, 0.4) is 0 Å². The van der Waals surface area contributed by atoms with E-state index in [4.69, 9.17) is 18.9 Å². The fourth-order valence-corrected chi connectivity index (χ4v) is 3.30. The first-order chi connectivity index (χ1) is 15.8. The van der Waals surface area contributed by atoms with Crippen molar-refractivity contribution in [3.8, 4) is 23.7 Å².